The maximum absolute atomic E-state index is 12.5. The molecule has 2 aromatic rings. The molecule has 1 N–H and O–H groups in total. The first-order valence-electron chi connectivity index (χ1n) is 9.50. The number of likely N-dealkylation sites (tertiary alicyclic amines) is 1. The second-order valence-corrected chi connectivity index (χ2v) is 7.90. The standard InChI is InChI=1S/C22H27N3O2/c1-24(2)12-19-20-13-25(14-21(19)20)22(26)23-17-9-7-15(8-10-17)16-5-4-6-18(11-16)27-3/h4-11,19-21H,12-14H2,1-3H3,(H,23,26)/t19?,20-,21+. The molecule has 2 amide bonds. The van der Waals surface area contributed by atoms with Crippen molar-refractivity contribution < 1.29 is 9.53 Å². The van der Waals surface area contributed by atoms with Gasteiger partial charge in [-0.05, 0) is 67.2 Å². The van der Waals surface area contributed by atoms with Crippen LogP contribution in [0.2, 0.25) is 0 Å². The Labute approximate surface area is 160 Å². The Morgan fingerprint density at radius 3 is 2.44 bits per heavy atom. The van der Waals surface area contributed by atoms with Crippen molar-refractivity contribution in [2.24, 2.45) is 17.8 Å². The minimum atomic E-state index is 0.0138. The largest absolute Gasteiger partial charge is 0.497 e. The maximum atomic E-state index is 12.5. The molecule has 1 unspecified atom stereocenters. The second-order valence-electron chi connectivity index (χ2n) is 7.90. The summed E-state index contributed by atoms with van der Waals surface area (Å²) >= 11 is 0. The fourth-order valence-electron chi connectivity index (χ4n) is 4.26. The highest BCUT2D eigenvalue weighted by molar-refractivity contribution is 5.90. The van der Waals surface area contributed by atoms with Crippen LogP contribution >= 0.6 is 0 Å². The Kier molecular flexibility index (Phi) is 4.79. The summed E-state index contributed by atoms with van der Waals surface area (Å²) in [5.74, 6) is 2.98. The van der Waals surface area contributed by atoms with Crippen LogP contribution in [0.3, 0.4) is 0 Å². The summed E-state index contributed by atoms with van der Waals surface area (Å²) in [6, 6.07) is 16.0. The molecule has 27 heavy (non-hydrogen) atoms. The van der Waals surface area contributed by atoms with Crippen molar-refractivity contribution in [1.29, 1.82) is 0 Å². The van der Waals surface area contributed by atoms with Crippen LogP contribution in [0.5, 0.6) is 5.75 Å². The minimum absolute atomic E-state index is 0.0138. The van der Waals surface area contributed by atoms with Gasteiger partial charge in [-0.2, -0.15) is 0 Å². The average molecular weight is 365 g/mol. The number of nitrogens with zero attached hydrogens (tertiary/aromatic N) is 2. The number of amides is 2. The molecule has 0 spiro atoms. The van der Waals surface area contributed by atoms with E-state index in [1.165, 1.54) is 0 Å². The van der Waals surface area contributed by atoms with Crippen molar-refractivity contribution in [2.45, 2.75) is 0 Å². The lowest BCUT2D eigenvalue weighted by Crippen LogP contribution is -2.36. The van der Waals surface area contributed by atoms with E-state index in [0.29, 0.717) is 11.8 Å². The second kappa shape index (κ2) is 7.24. The van der Waals surface area contributed by atoms with E-state index in [9.17, 15) is 4.79 Å². The Bertz CT molecular complexity index is 807. The number of urea groups is 1. The van der Waals surface area contributed by atoms with Crippen LogP contribution in [0, 0.1) is 17.8 Å². The van der Waals surface area contributed by atoms with Crippen LogP contribution < -0.4 is 10.1 Å². The molecule has 0 bridgehead atoms. The van der Waals surface area contributed by atoms with E-state index in [-0.39, 0.29) is 6.03 Å². The van der Waals surface area contributed by atoms with Crippen LogP contribution in [-0.2, 0) is 0 Å². The van der Waals surface area contributed by atoms with Gasteiger partial charge in [0, 0.05) is 25.3 Å². The number of methoxy groups -OCH3 is 1. The number of carbonyl (C=O) groups is 1. The smallest absolute Gasteiger partial charge is 0.321 e. The monoisotopic (exact) mass is 365 g/mol. The fourth-order valence-corrected chi connectivity index (χ4v) is 4.26. The molecular formula is C22H27N3O2. The molecule has 4 rings (SSSR count). The summed E-state index contributed by atoms with van der Waals surface area (Å²) < 4.78 is 5.29. The molecule has 1 aliphatic carbocycles. The lowest BCUT2D eigenvalue weighted by Gasteiger charge is -2.21. The molecule has 0 radical (unpaired) electrons. The topological polar surface area (TPSA) is 44.8 Å². The first kappa shape index (κ1) is 17.9. The van der Waals surface area contributed by atoms with Gasteiger partial charge >= 0.3 is 6.03 Å². The number of benzene rings is 2. The summed E-state index contributed by atoms with van der Waals surface area (Å²) in [5.41, 5.74) is 3.02. The molecule has 142 valence electrons. The average Bonchev–Trinajstić information content (AvgIpc) is 3.10. The van der Waals surface area contributed by atoms with E-state index in [2.05, 4.69) is 30.4 Å². The third-order valence-corrected chi connectivity index (χ3v) is 5.77. The zero-order valence-electron chi connectivity index (χ0n) is 16.2. The van der Waals surface area contributed by atoms with Crippen molar-refractivity contribution in [1.82, 2.24) is 9.80 Å². The number of piperidine rings is 1. The minimum Gasteiger partial charge on any atom is -0.497 e. The van der Waals surface area contributed by atoms with Gasteiger partial charge in [0.05, 0.1) is 7.11 Å². The molecular weight excluding hydrogens is 338 g/mol. The number of rotatable bonds is 5. The molecule has 2 aliphatic rings. The number of nitrogens with one attached hydrogen (secondary N) is 1. The van der Waals surface area contributed by atoms with Crippen LogP contribution in [0.25, 0.3) is 11.1 Å². The van der Waals surface area contributed by atoms with Gasteiger partial charge in [-0.25, -0.2) is 4.79 Å². The van der Waals surface area contributed by atoms with Gasteiger partial charge in [0.2, 0.25) is 0 Å². The predicted octanol–water partition coefficient (Wildman–Crippen LogP) is 3.63. The fraction of sp³-hybridized carbons (Fsp3) is 0.409. The number of anilines is 1. The van der Waals surface area contributed by atoms with Crippen LogP contribution in [0.4, 0.5) is 10.5 Å². The summed E-state index contributed by atoms with van der Waals surface area (Å²) in [7, 11) is 5.91. The third-order valence-electron chi connectivity index (χ3n) is 5.77. The Morgan fingerprint density at radius 2 is 1.81 bits per heavy atom. The maximum Gasteiger partial charge on any atom is 0.321 e. The summed E-state index contributed by atoms with van der Waals surface area (Å²) in [5, 5.41) is 3.03. The van der Waals surface area contributed by atoms with Crippen molar-refractivity contribution in [3.05, 3.63) is 48.5 Å². The number of hydrogen-bond acceptors (Lipinski definition) is 3. The van der Waals surface area contributed by atoms with Gasteiger partial charge < -0.3 is 19.9 Å². The van der Waals surface area contributed by atoms with Crippen molar-refractivity contribution in [2.75, 3.05) is 46.2 Å². The highest BCUT2D eigenvalue weighted by atomic mass is 16.5. The zero-order chi connectivity index (χ0) is 19.0. The first-order valence-corrected chi connectivity index (χ1v) is 9.50. The van der Waals surface area contributed by atoms with Crippen LogP contribution in [0.1, 0.15) is 0 Å². The summed E-state index contributed by atoms with van der Waals surface area (Å²) in [4.78, 5) is 16.7. The van der Waals surface area contributed by atoms with Crippen molar-refractivity contribution in [3.8, 4) is 16.9 Å². The van der Waals surface area contributed by atoms with E-state index in [0.717, 1.165) is 48.1 Å². The van der Waals surface area contributed by atoms with Crippen molar-refractivity contribution in [3.63, 3.8) is 0 Å². The van der Waals surface area contributed by atoms with Crippen molar-refractivity contribution >= 4 is 11.7 Å². The van der Waals surface area contributed by atoms with Gasteiger partial charge in [-0.1, -0.05) is 24.3 Å². The molecule has 1 heterocycles. The quantitative estimate of drug-likeness (QED) is 0.880. The molecule has 5 nitrogen and oxygen atoms in total. The van der Waals surface area contributed by atoms with E-state index < -0.39 is 0 Å². The summed E-state index contributed by atoms with van der Waals surface area (Å²) in [6.07, 6.45) is 0. The Balaban J connectivity index is 1.33. The number of hydrogen-bond donors (Lipinski definition) is 1. The van der Waals surface area contributed by atoms with Gasteiger partial charge in [0.1, 0.15) is 5.75 Å². The SMILES string of the molecule is COc1cccc(-c2ccc(NC(=O)N3C[C@@H]4C(CN(C)C)[C@@H]4C3)cc2)c1. The predicted molar refractivity (Wildman–Crippen MR) is 108 cm³/mol. The van der Waals surface area contributed by atoms with E-state index in [1.807, 2.05) is 47.4 Å². The van der Waals surface area contributed by atoms with Gasteiger partial charge in [0.25, 0.3) is 0 Å². The number of ether oxygens (including phenoxy) is 1. The Morgan fingerprint density at radius 1 is 1.11 bits per heavy atom. The van der Waals surface area contributed by atoms with Crippen LogP contribution in [0.15, 0.2) is 48.5 Å². The normalized spacial score (nSPS) is 23.3. The van der Waals surface area contributed by atoms with Crippen LogP contribution in [-0.4, -0.2) is 56.7 Å². The van der Waals surface area contributed by atoms with E-state index >= 15 is 0 Å². The van der Waals surface area contributed by atoms with Gasteiger partial charge in [0.15, 0.2) is 0 Å². The number of fused-ring (bicyclic) bond motifs is 1. The zero-order valence-corrected chi connectivity index (χ0v) is 16.2. The molecule has 1 saturated carbocycles. The third kappa shape index (κ3) is 3.78. The van der Waals surface area contributed by atoms with E-state index in [1.54, 1.807) is 7.11 Å². The highest BCUT2D eigenvalue weighted by Gasteiger charge is 2.56. The lowest BCUT2D eigenvalue weighted by atomic mass is 10.1. The molecule has 2 aromatic carbocycles. The van der Waals surface area contributed by atoms with Gasteiger partial charge in [-0.15, -0.1) is 0 Å². The Hall–Kier alpha value is -2.53. The molecule has 0 aromatic heterocycles. The molecule has 1 aliphatic heterocycles. The van der Waals surface area contributed by atoms with E-state index in [4.69, 9.17) is 4.74 Å². The molecule has 1 saturated heterocycles. The first-order chi connectivity index (χ1) is 13.0. The molecule has 5 heteroatoms. The lowest BCUT2D eigenvalue weighted by molar-refractivity contribution is 0.212. The highest BCUT2D eigenvalue weighted by Crippen LogP contribution is 2.51. The van der Waals surface area contributed by atoms with Gasteiger partial charge in [-0.3, -0.25) is 0 Å². The number of carbonyl (C=O) groups excluding carboxylic acids is 1. The molecule has 3 atom stereocenters. The molecule has 2 fully saturated rings. The summed E-state index contributed by atoms with van der Waals surface area (Å²) in [6.45, 7) is 2.91.